The largest absolute Gasteiger partial charge is 0.452 e. The van der Waals surface area contributed by atoms with Crippen LogP contribution in [0.5, 0.6) is 0 Å². The maximum atomic E-state index is 13.6. The van der Waals surface area contributed by atoms with Gasteiger partial charge in [0.25, 0.3) is 11.8 Å². The Morgan fingerprint density at radius 3 is 2.43 bits per heavy atom. The summed E-state index contributed by atoms with van der Waals surface area (Å²) in [5.41, 5.74) is -1.74. The summed E-state index contributed by atoms with van der Waals surface area (Å²) in [7, 11) is 1.43. The molecule has 2 heterocycles. The van der Waals surface area contributed by atoms with E-state index >= 15 is 0 Å². The molecule has 5 atom stereocenters. The van der Waals surface area contributed by atoms with Gasteiger partial charge in [-0.15, -0.1) is 23.5 Å². The zero-order valence-electron chi connectivity index (χ0n) is 15.9. The summed E-state index contributed by atoms with van der Waals surface area (Å²) in [6, 6.07) is -1.27. The topological polar surface area (TPSA) is 124 Å². The van der Waals surface area contributed by atoms with Gasteiger partial charge in [0.1, 0.15) is 11.6 Å². The number of carbonyl (C=O) groups excluding carboxylic acids is 4. The summed E-state index contributed by atoms with van der Waals surface area (Å²) in [4.78, 5) is 50.3. The van der Waals surface area contributed by atoms with Crippen LogP contribution < -0.4 is 0 Å². The Morgan fingerprint density at radius 1 is 1.29 bits per heavy atom. The molecule has 2 aliphatic heterocycles. The second kappa shape index (κ2) is 6.75. The summed E-state index contributed by atoms with van der Waals surface area (Å²) >= 11 is 2.05. The molecule has 2 saturated heterocycles. The first-order valence-corrected chi connectivity index (χ1v) is 11.0. The van der Waals surface area contributed by atoms with E-state index < -0.39 is 57.7 Å². The van der Waals surface area contributed by atoms with Gasteiger partial charge in [-0.1, -0.05) is 0 Å². The van der Waals surface area contributed by atoms with Crippen LogP contribution in [0, 0.1) is 0 Å². The number of amides is 2. The predicted octanol–water partition coefficient (Wildman–Crippen LogP) is -1.03. The van der Waals surface area contributed by atoms with Crippen molar-refractivity contribution in [3.05, 3.63) is 12.2 Å². The third kappa shape index (κ3) is 2.49. The van der Waals surface area contributed by atoms with Gasteiger partial charge in [-0.2, -0.15) is 0 Å². The lowest BCUT2D eigenvalue weighted by Crippen LogP contribution is -2.75. The Bertz CT molecular complexity index is 783. The van der Waals surface area contributed by atoms with Gasteiger partial charge in [0.2, 0.25) is 0 Å². The quantitative estimate of drug-likeness (QED) is 0.539. The molecule has 2 fully saturated rings. The minimum absolute atomic E-state index is 0.168. The highest BCUT2D eigenvalue weighted by molar-refractivity contribution is 8.01. The first-order valence-electron chi connectivity index (χ1n) is 8.50. The van der Waals surface area contributed by atoms with Crippen molar-refractivity contribution in [1.29, 1.82) is 0 Å². The molecule has 154 valence electrons. The smallest absolute Gasteiger partial charge is 0.303 e. The number of ketones is 1. The van der Waals surface area contributed by atoms with Crippen molar-refractivity contribution in [3.63, 3.8) is 0 Å². The summed E-state index contributed by atoms with van der Waals surface area (Å²) < 4.78 is 5.17. The van der Waals surface area contributed by atoms with Crippen LogP contribution >= 0.6 is 23.5 Å². The summed E-state index contributed by atoms with van der Waals surface area (Å²) in [6.07, 6.45) is 3.98. The van der Waals surface area contributed by atoms with Gasteiger partial charge < -0.3 is 24.7 Å². The molecular formula is C17H22N2O7S2. The number of esters is 1. The number of ether oxygens (including phenoxy) is 1. The van der Waals surface area contributed by atoms with Crippen LogP contribution in [0.15, 0.2) is 12.2 Å². The number of thioether (sulfide) groups is 2. The molecule has 2 amide bonds. The number of aliphatic hydroxyl groups is 2. The van der Waals surface area contributed by atoms with E-state index in [-0.39, 0.29) is 6.42 Å². The Kier molecular flexibility index (Phi) is 5.10. The third-order valence-corrected chi connectivity index (χ3v) is 8.17. The lowest BCUT2D eigenvalue weighted by Gasteiger charge is -2.53. The molecule has 0 aromatic carbocycles. The second-order valence-electron chi connectivity index (χ2n) is 7.05. The van der Waals surface area contributed by atoms with E-state index in [9.17, 15) is 29.4 Å². The summed E-state index contributed by atoms with van der Waals surface area (Å²) in [5.74, 6) is -2.43. The zero-order valence-corrected chi connectivity index (χ0v) is 17.5. The number of hydrogen-bond acceptors (Lipinski definition) is 9. The van der Waals surface area contributed by atoms with Gasteiger partial charge in [-0.05, 0) is 24.7 Å². The highest BCUT2D eigenvalue weighted by atomic mass is 32.2. The van der Waals surface area contributed by atoms with Crippen LogP contribution in [0.25, 0.3) is 0 Å². The normalized spacial score (nSPS) is 39.9. The molecule has 3 aliphatic rings. The van der Waals surface area contributed by atoms with E-state index in [2.05, 4.69) is 0 Å². The summed E-state index contributed by atoms with van der Waals surface area (Å²) in [5, 5.41) is 21.3. The van der Waals surface area contributed by atoms with E-state index in [1.54, 1.807) is 12.5 Å². The highest BCUT2D eigenvalue weighted by Crippen LogP contribution is 2.55. The summed E-state index contributed by atoms with van der Waals surface area (Å²) in [6.45, 7) is 0.474. The van der Waals surface area contributed by atoms with E-state index in [0.717, 1.165) is 41.4 Å². The number of nitrogens with zero attached hydrogens (tertiary/aromatic N) is 2. The molecule has 0 radical (unpaired) electrons. The number of carbonyl (C=O) groups is 4. The predicted molar refractivity (Wildman–Crippen MR) is 102 cm³/mol. The number of rotatable bonds is 4. The number of aliphatic hydroxyl groups excluding tert-OH is 1. The fourth-order valence-electron chi connectivity index (χ4n) is 4.30. The Labute approximate surface area is 170 Å². The molecule has 0 aromatic heterocycles. The molecule has 0 aromatic rings. The minimum Gasteiger partial charge on any atom is -0.452 e. The Hall–Kier alpha value is -1.56. The van der Waals surface area contributed by atoms with Crippen molar-refractivity contribution >= 4 is 47.1 Å². The molecule has 1 aliphatic carbocycles. The standard InChI is InChI=1S/C17H22N2O7S2/c1-9(21)26-11-10(22)5-6-15(25)7-16(27-3)13(23)18(2)17(8-20,28-4)14(24)19(16)12(11)15/h5-6,11-12,20,25H,7-8H2,1-4H3/t11-,12+,15-,16-,17-/m0/s1. The van der Waals surface area contributed by atoms with Crippen LogP contribution in [-0.2, 0) is 23.9 Å². The van der Waals surface area contributed by atoms with Crippen LogP contribution in [0.2, 0.25) is 0 Å². The minimum atomic E-state index is -1.74. The first-order chi connectivity index (χ1) is 13.0. The fraction of sp³-hybridized carbons (Fsp3) is 0.647. The number of likely N-dealkylation sites (N-methyl/N-ethyl adjacent to an activating group) is 1. The van der Waals surface area contributed by atoms with Crippen molar-refractivity contribution in [1.82, 2.24) is 9.80 Å². The monoisotopic (exact) mass is 430 g/mol. The molecule has 28 heavy (non-hydrogen) atoms. The zero-order chi connectivity index (χ0) is 21.1. The third-order valence-electron chi connectivity index (χ3n) is 5.72. The molecule has 0 bridgehead atoms. The van der Waals surface area contributed by atoms with Gasteiger partial charge in [-0.3, -0.25) is 19.2 Å². The van der Waals surface area contributed by atoms with Crippen molar-refractivity contribution in [2.75, 3.05) is 26.2 Å². The number of hydrogen-bond donors (Lipinski definition) is 2. The van der Waals surface area contributed by atoms with Crippen molar-refractivity contribution < 1.29 is 34.1 Å². The van der Waals surface area contributed by atoms with Crippen LogP contribution in [-0.4, -0.2) is 97.2 Å². The molecule has 9 nitrogen and oxygen atoms in total. The fourth-order valence-corrected chi connectivity index (χ4v) is 6.14. The first kappa shape index (κ1) is 21.2. The van der Waals surface area contributed by atoms with Crippen molar-refractivity contribution in [2.24, 2.45) is 0 Å². The molecule has 0 saturated carbocycles. The SMILES string of the molecule is CS[C@@]1(CO)C(=O)N2[C@@H]3[C@@H](OC(C)=O)C(=O)C=C[C@]3(O)C[C@]2(SC)C(=O)N1C. The lowest BCUT2D eigenvalue weighted by molar-refractivity contribution is -0.175. The van der Waals surface area contributed by atoms with E-state index in [1.807, 2.05) is 0 Å². The van der Waals surface area contributed by atoms with Crippen molar-refractivity contribution in [3.8, 4) is 0 Å². The maximum Gasteiger partial charge on any atom is 0.303 e. The Morgan fingerprint density at radius 2 is 1.93 bits per heavy atom. The average molecular weight is 431 g/mol. The number of piperazine rings is 1. The number of fused-ring (bicyclic) bond motifs is 3. The molecule has 2 N–H and O–H groups in total. The van der Waals surface area contributed by atoms with Gasteiger partial charge >= 0.3 is 5.97 Å². The Balaban J connectivity index is 2.24. The maximum absolute atomic E-state index is 13.6. The van der Waals surface area contributed by atoms with Gasteiger partial charge in [0.15, 0.2) is 21.6 Å². The lowest BCUT2D eigenvalue weighted by atomic mass is 9.83. The molecule has 0 spiro atoms. The van der Waals surface area contributed by atoms with Gasteiger partial charge in [0.05, 0.1) is 6.61 Å². The molecule has 0 unspecified atom stereocenters. The average Bonchev–Trinajstić information content (AvgIpc) is 2.94. The van der Waals surface area contributed by atoms with Gasteiger partial charge in [-0.25, -0.2) is 0 Å². The van der Waals surface area contributed by atoms with Crippen LogP contribution in [0.1, 0.15) is 13.3 Å². The van der Waals surface area contributed by atoms with Crippen LogP contribution in [0.3, 0.4) is 0 Å². The van der Waals surface area contributed by atoms with E-state index in [1.165, 1.54) is 18.0 Å². The second-order valence-corrected chi connectivity index (χ2v) is 9.22. The van der Waals surface area contributed by atoms with E-state index in [4.69, 9.17) is 4.74 Å². The van der Waals surface area contributed by atoms with Crippen molar-refractivity contribution in [2.45, 2.75) is 40.8 Å². The van der Waals surface area contributed by atoms with Gasteiger partial charge in [0, 0.05) is 20.4 Å². The highest BCUT2D eigenvalue weighted by Gasteiger charge is 2.73. The van der Waals surface area contributed by atoms with Crippen LogP contribution in [0.4, 0.5) is 0 Å². The van der Waals surface area contributed by atoms with E-state index in [0.29, 0.717) is 0 Å². The molecular weight excluding hydrogens is 408 g/mol. The molecule has 11 heteroatoms. The molecule has 3 rings (SSSR count).